The van der Waals surface area contributed by atoms with Gasteiger partial charge in [0.1, 0.15) is 5.82 Å². The van der Waals surface area contributed by atoms with E-state index < -0.39 is 11.9 Å². The molecule has 0 spiro atoms. The normalized spacial score (nSPS) is 18.5. The van der Waals surface area contributed by atoms with Crippen LogP contribution >= 0.6 is 24.8 Å². The average molecular weight is 410 g/mol. The summed E-state index contributed by atoms with van der Waals surface area (Å²) in [6, 6.07) is 1.30. The molecule has 2 rings (SSSR count). The Morgan fingerprint density at radius 2 is 2.15 bits per heavy atom. The van der Waals surface area contributed by atoms with E-state index in [0.717, 1.165) is 38.5 Å². The molecule has 5 nitrogen and oxygen atoms in total. The molecule has 2 atom stereocenters. The summed E-state index contributed by atoms with van der Waals surface area (Å²) in [5, 5.41) is 13.6. The molecular formula is C18H30Cl2FN3O2. The molecule has 1 aliphatic heterocycles. The van der Waals surface area contributed by atoms with Gasteiger partial charge in [-0.1, -0.05) is 0 Å². The molecule has 150 valence electrons. The highest BCUT2D eigenvalue weighted by atomic mass is 35.5. The maximum Gasteiger partial charge on any atom is 0.219 e. The number of hydrogen-bond acceptors (Lipinski definition) is 4. The molecule has 0 aromatic carbocycles. The van der Waals surface area contributed by atoms with Gasteiger partial charge in [-0.15, -0.1) is 24.8 Å². The first kappa shape index (κ1) is 25.1. The number of carbonyl (C=O) groups excluding carboxylic acids is 1. The molecule has 26 heavy (non-hydrogen) atoms. The molecule has 1 aliphatic rings. The SMILES string of the molecule is CC(=O)N1CCC[C@@H](CC(C)(C)NC[C@H](O)c2cncc(F)c2)C1.Cl.Cl. The summed E-state index contributed by atoms with van der Waals surface area (Å²) in [6.45, 7) is 7.80. The highest BCUT2D eigenvalue weighted by Gasteiger charge is 2.28. The van der Waals surface area contributed by atoms with Gasteiger partial charge in [-0.25, -0.2) is 4.39 Å². The van der Waals surface area contributed by atoms with E-state index in [9.17, 15) is 14.3 Å². The van der Waals surface area contributed by atoms with E-state index in [2.05, 4.69) is 24.1 Å². The van der Waals surface area contributed by atoms with Crippen LogP contribution in [0.2, 0.25) is 0 Å². The second-order valence-electron chi connectivity index (χ2n) is 7.39. The molecule has 1 fully saturated rings. The molecular weight excluding hydrogens is 380 g/mol. The zero-order valence-electron chi connectivity index (χ0n) is 15.6. The topological polar surface area (TPSA) is 65.5 Å². The third-order valence-corrected chi connectivity index (χ3v) is 4.65. The van der Waals surface area contributed by atoms with Gasteiger partial charge in [0, 0.05) is 43.9 Å². The number of amides is 1. The molecule has 1 aromatic heterocycles. The number of piperidine rings is 1. The first-order chi connectivity index (χ1) is 11.3. The quantitative estimate of drug-likeness (QED) is 0.757. The van der Waals surface area contributed by atoms with Crippen LogP contribution in [0.4, 0.5) is 4.39 Å². The number of carbonyl (C=O) groups is 1. The van der Waals surface area contributed by atoms with Crippen LogP contribution in [0.3, 0.4) is 0 Å². The van der Waals surface area contributed by atoms with Gasteiger partial charge in [-0.3, -0.25) is 9.78 Å². The Morgan fingerprint density at radius 3 is 2.77 bits per heavy atom. The number of hydrogen-bond donors (Lipinski definition) is 2. The highest BCUT2D eigenvalue weighted by molar-refractivity contribution is 5.85. The summed E-state index contributed by atoms with van der Waals surface area (Å²) in [5.41, 5.74) is 0.297. The molecule has 1 saturated heterocycles. The maximum atomic E-state index is 13.2. The van der Waals surface area contributed by atoms with Gasteiger partial charge >= 0.3 is 0 Å². The van der Waals surface area contributed by atoms with Gasteiger partial charge in [-0.2, -0.15) is 0 Å². The van der Waals surface area contributed by atoms with Crippen molar-refractivity contribution in [2.45, 2.75) is 51.7 Å². The number of aliphatic hydroxyl groups excluding tert-OH is 1. The van der Waals surface area contributed by atoms with Crippen LogP contribution in [0.5, 0.6) is 0 Å². The Labute approximate surface area is 167 Å². The molecule has 0 saturated carbocycles. The number of pyridine rings is 1. The van der Waals surface area contributed by atoms with Crippen LogP contribution < -0.4 is 5.32 Å². The minimum atomic E-state index is -0.799. The van der Waals surface area contributed by atoms with Gasteiger partial charge in [0.2, 0.25) is 5.91 Å². The van der Waals surface area contributed by atoms with Crippen molar-refractivity contribution in [3.05, 3.63) is 29.8 Å². The summed E-state index contributed by atoms with van der Waals surface area (Å²) < 4.78 is 13.2. The summed E-state index contributed by atoms with van der Waals surface area (Å²) in [6.07, 6.45) is 4.88. The largest absolute Gasteiger partial charge is 0.387 e. The zero-order valence-corrected chi connectivity index (χ0v) is 17.2. The Morgan fingerprint density at radius 1 is 1.46 bits per heavy atom. The lowest BCUT2D eigenvalue weighted by atomic mass is 9.85. The van der Waals surface area contributed by atoms with Gasteiger partial charge in [-0.05, 0) is 45.1 Å². The van der Waals surface area contributed by atoms with Crippen molar-refractivity contribution in [2.24, 2.45) is 5.92 Å². The highest BCUT2D eigenvalue weighted by Crippen LogP contribution is 2.26. The summed E-state index contributed by atoms with van der Waals surface area (Å²) in [4.78, 5) is 17.2. The molecule has 2 heterocycles. The molecule has 0 bridgehead atoms. The Bertz CT molecular complexity index is 575. The standard InChI is InChI=1S/C18H28FN3O2.2ClH/c1-13(23)22-6-4-5-14(12-22)8-18(2,3)21-11-17(24)15-7-16(19)10-20-9-15;;/h7,9-10,14,17,21,24H,4-6,8,11-12H2,1-3H3;2*1H/t14-,17-;;/m0../s1. The van der Waals surface area contributed by atoms with Crippen LogP contribution in [0, 0.1) is 11.7 Å². The zero-order chi connectivity index (χ0) is 17.7. The first-order valence-corrected chi connectivity index (χ1v) is 8.56. The van der Waals surface area contributed by atoms with E-state index >= 15 is 0 Å². The molecule has 2 N–H and O–H groups in total. The number of nitrogens with one attached hydrogen (secondary N) is 1. The lowest BCUT2D eigenvalue weighted by molar-refractivity contribution is -0.130. The van der Waals surface area contributed by atoms with Crippen molar-refractivity contribution >= 4 is 30.7 Å². The van der Waals surface area contributed by atoms with Crippen LogP contribution in [-0.4, -0.2) is 46.1 Å². The summed E-state index contributed by atoms with van der Waals surface area (Å²) in [7, 11) is 0. The number of halogens is 3. The second-order valence-corrected chi connectivity index (χ2v) is 7.39. The minimum Gasteiger partial charge on any atom is -0.387 e. The minimum absolute atomic E-state index is 0. The number of rotatable bonds is 6. The van der Waals surface area contributed by atoms with Crippen LogP contribution in [-0.2, 0) is 4.79 Å². The van der Waals surface area contributed by atoms with Gasteiger partial charge in [0.05, 0.1) is 12.3 Å². The lowest BCUT2D eigenvalue weighted by Crippen LogP contribution is -2.46. The average Bonchev–Trinajstić information content (AvgIpc) is 2.52. The number of aliphatic hydroxyl groups is 1. The fourth-order valence-electron chi connectivity index (χ4n) is 3.41. The first-order valence-electron chi connectivity index (χ1n) is 8.56. The van der Waals surface area contributed by atoms with E-state index in [1.54, 1.807) is 6.92 Å². The predicted molar refractivity (Wildman–Crippen MR) is 105 cm³/mol. The third-order valence-electron chi connectivity index (χ3n) is 4.65. The van der Waals surface area contributed by atoms with Gasteiger partial charge in [0.25, 0.3) is 0 Å². The number of aromatic nitrogens is 1. The monoisotopic (exact) mass is 409 g/mol. The second kappa shape index (κ2) is 11.0. The Kier molecular flexibility index (Phi) is 10.6. The van der Waals surface area contributed by atoms with Crippen molar-refractivity contribution in [3.8, 4) is 0 Å². The van der Waals surface area contributed by atoms with E-state index in [1.807, 2.05) is 4.90 Å². The molecule has 8 heteroatoms. The van der Waals surface area contributed by atoms with Crippen LogP contribution in [0.25, 0.3) is 0 Å². The fraction of sp³-hybridized carbons (Fsp3) is 0.667. The Hall–Kier alpha value is -0.950. The van der Waals surface area contributed by atoms with Crippen molar-refractivity contribution in [1.29, 1.82) is 0 Å². The maximum absolute atomic E-state index is 13.2. The van der Waals surface area contributed by atoms with Crippen molar-refractivity contribution in [1.82, 2.24) is 15.2 Å². The molecule has 1 aromatic rings. The molecule has 0 unspecified atom stereocenters. The van der Waals surface area contributed by atoms with Crippen LogP contribution in [0.1, 0.15) is 51.7 Å². The summed E-state index contributed by atoms with van der Waals surface area (Å²) in [5.74, 6) is 0.148. The van der Waals surface area contributed by atoms with Crippen molar-refractivity contribution in [2.75, 3.05) is 19.6 Å². The van der Waals surface area contributed by atoms with Gasteiger partial charge < -0.3 is 15.3 Å². The number of β-amino-alcohol motifs (C(OH)–C–C–N with tert-alkyl or cyclic N) is 1. The third kappa shape index (κ3) is 7.74. The van der Waals surface area contributed by atoms with Gasteiger partial charge in [0.15, 0.2) is 0 Å². The summed E-state index contributed by atoms with van der Waals surface area (Å²) >= 11 is 0. The molecule has 1 amide bonds. The molecule has 0 aliphatic carbocycles. The molecule has 0 radical (unpaired) electrons. The van der Waals surface area contributed by atoms with E-state index in [-0.39, 0.29) is 36.3 Å². The smallest absolute Gasteiger partial charge is 0.219 e. The fourth-order valence-corrected chi connectivity index (χ4v) is 3.41. The predicted octanol–water partition coefficient (Wildman–Crippen LogP) is 3.11. The van der Waals surface area contributed by atoms with Crippen molar-refractivity contribution in [3.63, 3.8) is 0 Å². The van der Waals surface area contributed by atoms with Crippen LogP contribution in [0.15, 0.2) is 18.5 Å². The van der Waals surface area contributed by atoms with Crippen molar-refractivity contribution < 1.29 is 14.3 Å². The Balaban J connectivity index is 0.00000312. The van der Waals surface area contributed by atoms with E-state index in [1.165, 1.54) is 12.3 Å². The number of likely N-dealkylation sites (tertiary alicyclic amines) is 1. The lowest BCUT2D eigenvalue weighted by Gasteiger charge is -2.37. The number of nitrogens with zero attached hydrogens (tertiary/aromatic N) is 2. The van der Waals surface area contributed by atoms with E-state index in [0.29, 0.717) is 18.0 Å². The van der Waals surface area contributed by atoms with E-state index in [4.69, 9.17) is 0 Å².